The van der Waals surface area contributed by atoms with Gasteiger partial charge in [0.15, 0.2) is 5.78 Å². The molecule has 0 heterocycles. The highest BCUT2D eigenvalue weighted by molar-refractivity contribution is 5.96. The first kappa shape index (κ1) is 13.2. The van der Waals surface area contributed by atoms with Gasteiger partial charge in [0.05, 0.1) is 0 Å². The maximum atomic E-state index is 11.7. The van der Waals surface area contributed by atoms with Crippen molar-refractivity contribution in [3.05, 3.63) is 11.3 Å². The summed E-state index contributed by atoms with van der Waals surface area (Å²) < 4.78 is 0. The van der Waals surface area contributed by atoms with Crippen molar-refractivity contribution in [1.82, 2.24) is 0 Å². The highest BCUT2D eigenvalue weighted by atomic mass is 16.3. The molecule has 14 heavy (non-hydrogen) atoms. The number of carbonyl (C=O) groups is 1. The molecule has 0 aromatic rings. The molecule has 0 spiro atoms. The summed E-state index contributed by atoms with van der Waals surface area (Å²) in [6.07, 6.45) is 1.68. The molecule has 82 valence electrons. The van der Waals surface area contributed by atoms with Gasteiger partial charge in [0.2, 0.25) is 0 Å². The zero-order valence-corrected chi connectivity index (χ0v) is 9.92. The molecule has 0 radical (unpaired) electrons. The van der Waals surface area contributed by atoms with E-state index in [1.54, 1.807) is 6.92 Å². The zero-order chi connectivity index (χ0) is 11.3. The third-order valence-corrected chi connectivity index (χ3v) is 2.89. The second-order valence-corrected chi connectivity index (χ2v) is 3.99. The van der Waals surface area contributed by atoms with E-state index in [-0.39, 0.29) is 23.4 Å². The molecule has 2 unspecified atom stereocenters. The average molecular weight is 198 g/mol. The van der Waals surface area contributed by atoms with Crippen molar-refractivity contribution in [2.45, 2.75) is 47.5 Å². The molecule has 2 heteroatoms. The van der Waals surface area contributed by atoms with Gasteiger partial charge in [0.1, 0.15) is 5.76 Å². The molecule has 0 aliphatic carbocycles. The predicted octanol–water partition coefficient (Wildman–Crippen LogP) is 3.48. The molecule has 0 fully saturated rings. The number of carbonyl (C=O) groups excluding carboxylic acids is 1. The SMILES string of the molecule is CCC(C)C(=O)C(C)=C(O)C(C)CC. The van der Waals surface area contributed by atoms with Gasteiger partial charge in [-0.15, -0.1) is 0 Å². The summed E-state index contributed by atoms with van der Waals surface area (Å²) in [5.41, 5.74) is 0.536. The second-order valence-electron chi connectivity index (χ2n) is 3.99. The van der Waals surface area contributed by atoms with Crippen molar-refractivity contribution in [1.29, 1.82) is 0 Å². The molecule has 2 nitrogen and oxygen atoms in total. The topological polar surface area (TPSA) is 37.3 Å². The van der Waals surface area contributed by atoms with E-state index in [1.165, 1.54) is 0 Å². The van der Waals surface area contributed by atoms with Crippen molar-refractivity contribution >= 4 is 5.78 Å². The van der Waals surface area contributed by atoms with Gasteiger partial charge in [-0.25, -0.2) is 0 Å². The predicted molar refractivity (Wildman–Crippen MR) is 59.2 cm³/mol. The normalized spacial score (nSPS) is 17.2. The molecule has 1 N–H and O–H groups in total. The van der Waals surface area contributed by atoms with E-state index in [9.17, 15) is 9.90 Å². The molecular formula is C12H22O2. The first-order valence-corrected chi connectivity index (χ1v) is 5.39. The van der Waals surface area contributed by atoms with Crippen LogP contribution >= 0.6 is 0 Å². The Kier molecular flexibility index (Phi) is 5.51. The lowest BCUT2D eigenvalue weighted by atomic mass is 9.93. The quantitative estimate of drug-likeness (QED) is 0.542. The van der Waals surface area contributed by atoms with Gasteiger partial charge < -0.3 is 5.11 Å². The fraction of sp³-hybridized carbons (Fsp3) is 0.750. The Labute approximate surface area is 87.0 Å². The molecule has 0 aliphatic heterocycles. The van der Waals surface area contributed by atoms with Crippen LogP contribution in [0.3, 0.4) is 0 Å². The van der Waals surface area contributed by atoms with Crippen LogP contribution in [0, 0.1) is 11.8 Å². The molecular weight excluding hydrogens is 176 g/mol. The van der Waals surface area contributed by atoms with Gasteiger partial charge in [-0.2, -0.15) is 0 Å². The lowest BCUT2D eigenvalue weighted by Crippen LogP contribution is -2.14. The highest BCUT2D eigenvalue weighted by Crippen LogP contribution is 2.19. The Hall–Kier alpha value is -0.790. The molecule has 0 rings (SSSR count). The Morgan fingerprint density at radius 3 is 1.93 bits per heavy atom. The van der Waals surface area contributed by atoms with E-state index in [0.717, 1.165) is 12.8 Å². The van der Waals surface area contributed by atoms with Crippen LogP contribution in [0.15, 0.2) is 11.3 Å². The van der Waals surface area contributed by atoms with Crippen molar-refractivity contribution in [3.63, 3.8) is 0 Å². The van der Waals surface area contributed by atoms with Crippen LogP contribution < -0.4 is 0 Å². The molecule has 0 aromatic carbocycles. The molecule has 0 amide bonds. The third-order valence-electron chi connectivity index (χ3n) is 2.89. The maximum Gasteiger partial charge on any atom is 0.164 e. The largest absolute Gasteiger partial charge is 0.512 e. The zero-order valence-electron chi connectivity index (χ0n) is 9.92. The summed E-state index contributed by atoms with van der Waals surface area (Å²) in [5.74, 6) is 0.437. The summed E-state index contributed by atoms with van der Waals surface area (Å²) in [7, 11) is 0. The Morgan fingerprint density at radius 1 is 1.14 bits per heavy atom. The van der Waals surface area contributed by atoms with E-state index in [4.69, 9.17) is 0 Å². The number of aliphatic hydroxyl groups excluding tert-OH is 1. The summed E-state index contributed by atoms with van der Waals surface area (Å²) in [5, 5.41) is 9.76. The van der Waals surface area contributed by atoms with E-state index in [2.05, 4.69) is 0 Å². The van der Waals surface area contributed by atoms with E-state index in [0.29, 0.717) is 5.57 Å². The summed E-state index contributed by atoms with van der Waals surface area (Å²) in [4.78, 5) is 11.7. The van der Waals surface area contributed by atoms with E-state index in [1.807, 2.05) is 27.7 Å². The van der Waals surface area contributed by atoms with Crippen LogP contribution in [0.1, 0.15) is 47.5 Å². The Bertz CT molecular complexity index is 228. The monoisotopic (exact) mass is 198 g/mol. The van der Waals surface area contributed by atoms with Crippen molar-refractivity contribution in [2.24, 2.45) is 11.8 Å². The minimum absolute atomic E-state index is 0.0150. The van der Waals surface area contributed by atoms with Gasteiger partial charge in [0.25, 0.3) is 0 Å². The number of allylic oxidation sites excluding steroid dienone is 2. The van der Waals surface area contributed by atoms with Crippen LogP contribution in [0.2, 0.25) is 0 Å². The van der Waals surface area contributed by atoms with Gasteiger partial charge in [-0.3, -0.25) is 4.79 Å². The molecule has 0 saturated heterocycles. The van der Waals surface area contributed by atoms with Gasteiger partial charge in [-0.05, 0) is 19.8 Å². The van der Waals surface area contributed by atoms with Crippen LogP contribution in [-0.2, 0) is 4.79 Å². The minimum Gasteiger partial charge on any atom is -0.512 e. The molecule has 0 saturated carbocycles. The molecule has 0 aromatic heterocycles. The first-order chi connectivity index (χ1) is 6.45. The fourth-order valence-electron chi connectivity index (χ4n) is 1.24. The lowest BCUT2D eigenvalue weighted by Gasteiger charge is -2.13. The van der Waals surface area contributed by atoms with Gasteiger partial charge in [-0.1, -0.05) is 27.7 Å². The average Bonchev–Trinajstić information content (AvgIpc) is 2.23. The molecule has 2 atom stereocenters. The first-order valence-electron chi connectivity index (χ1n) is 5.39. The van der Waals surface area contributed by atoms with Crippen LogP contribution in [0.25, 0.3) is 0 Å². The number of ketones is 1. The number of rotatable bonds is 5. The maximum absolute atomic E-state index is 11.7. The fourth-order valence-corrected chi connectivity index (χ4v) is 1.24. The third kappa shape index (κ3) is 3.17. The Morgan fingerprint density at radius 2 is 1.57 bits per heavy atom. The Balaban J connectivity index is 4.73. The standard InChI is InChI=1S/C12H22O2/c1-6-8(3)11(13)10(5)12(14)9(4)7-2/h8-9,13H,6-7H2,1-5H3. The lowest BCUT2D eigenvalue weighted by molar-refractivity contribution is -0.119. The van der Waals surface area contributed by atoms with Crippen molar-refractivity contribution < 1.29 is 9.90 Å². The van der Waals surface area contributed by atoms with Crippen LogP contribution in [0.5, 0.6) is 0 Å². The second kappa shape index (κ2) is 5.84. The summed E-state index contributed by atoms with van der Waals surface area (Å²) >= 11 is 0. The van der Waals surface area contributed by atoms with Crippen LogP contribution in [0.4, 0.5) is 0 Å². The summed E-state index contributed by atoms with van der Waals surface area (Å²) in [6.45, 7) is 9.53. The summed E-state index contributed by atoms with van der Waals surface area (Å²) in [6, 6.07) is 0. The number of aliphatic hydroxyl groups is 1. The number of Topliss-reactive ketones (excluding diaryl/α,β-unsaturated/α-hetero) is 1. The van der Waals surface area contributed by atoms with E-state index < -0.39 is 0 Å². The smallest absolute Gasteiger partial charge is 0.164 e. The van der Waals surface area contributed by atoms with Gasteiger partial charge in [0, 0.05) is 17.4 Å². The molecule has 0 aliphatic rings. The minimum atomic E-state index is 0.0150. The van der Waals surface area contributed by atoms with Crippen molar-refractivity contribution in [2.75, 3.05) is 0 Å². The van der Waals surface area contributed by atoms with Gasteiger partial charge >= 0.3 is 0 Å². The van der Waals surface area contributed by atoms with Crippen LogP contribution in [-0.4, -0.2) is 10.9 Å². The number of hydrogen-bond acceptors (Lipinski definition) is 2. The molecule has 0 bridgehead atoms. The highest BCUT2D eigenvalue weighted by Gasteiger charge is 2.18. The van der Waals surface area contributed by atoms with E-state index >= 15 is 0 Å². The number of hydrogen-bond donors (Lipinski definition) is 1. The van der Waals surface area contributed by atoms with Crippen molar-refractivity contribution in [3.8, 4) is 0 Å².